The molecule has 2 amide bonds. The highest BCUT2D eigenvalue weighted by atomic mass is 32.1. The molecule has 0 unspecified atom stereocenters. The van der Waals surface area contributed by atoms with Gasteiger partial charge in [0.15, 0.2) is 5.82 Å². The van der Waals surface area contributed by atoms with Crippen molar-refractivity contribution in [1.29, 1.82) is 0 Å². The highest BCUT2D eigenvalue weighted by Crippen LogP contribution is 2.30. The van der Waals surface area contributed by atoms with Crippen LogP contribution in [0.5, 0.6) is 5.75 Å². The number of urea groups is 1. The van der Waals surface area contributed by atoms with Crippen LogP contribution in [0.25, 0.3) is 22.2 Å². The van der Waals surface area contributed by atoms with Gasteiger partial charge in [-0.2, -0.15) is 0 Å². The number of aromatic hydroxyl groups is 1. The van der Waals surface area contributed by atoms with Crippen LogP contribution in [0.3, 0.4) is 0 Å². The second-order valence-corrected chi connectivity index (χ2v) is 7.42. The molecule has 0 aliphatic carbocycles. The molecule has 7 heteroatoms. The maximum atomic E-state index is 12.1. The third-order valence-electron chi connectivity index (χ3n) is 4.37. The lowest BCUT2D eigenvalue weighted by Gasteiger charge is -2.10. The number of phenols is 1. The first kappa shape index (κ1) is 17.9. The summed E-state index contributed by atoms with van der Waals surface area (Å²) < 4.78 is 0. The van der Waals surface area contributed by atoms with Gasteiger partial charge in [-0.15, -0.1) is 11.3 Å². The van der Waals surface area contributed by atoms with Crippen LogP contribution in [-0.2, 0) is 0 Å². The molecule has 0 fully saturated rings. The summed E-state index contributed by atoms with van der Waals surface area (Å²) in [5, 5.41) is 18.1. The number of hydrogen-bond acceptors (Lipinski definition) is 5. The molecule has 0 radical (unpaired) electrons. The predicted molar refractivity (Wildman–Crippen MR) is 113 cm³/mol. The van der Waals surface area contributed by atoms with Crippen LogP contribution < -0.4 is 10.6 Å². The van der Waals surface area contributed by atoms with E-state index in [4.69, 9.17) is 0 Å². The van der Waals surface area contributed by atoms with Crippen LogP contribution in [-0.4, -0.2) is 21.1 Å². The smallest absolute Gasteiger partial charge is 0.325 e. The van der Waals surface area contributed by atoms with Crippen LogP contribution in [0.15, 0.2) is 54.0 Å². The molecular formula is C21H18N4O2S. The summed E-state index contributed by atoms with van der Waals surface area (Å²) in [5.74, 6) is 0.685. The summed E-state index contributed by atoms with van der Waals surface area (Å²) in [6.45, 7) is 3.75. The Morgan fingerprint density at radius 1 is 1.00 bits per heavy atom. The molecule has 140 valence electrons. The zero-order valence-corrected chi connectivity index (χ0v) is 16.2. The Hall–Kier alpha value is -3.45. The Morgan fingerprint density at radius 3 is 2.50 bits per heavy atom. The number of carbonyl (C=O) groups excluding carboxylic acids is 1. The van der Waals surface area contributed by atoms with E-state index in [1.54, 1.807) is 0 Å². The van der Waals surface area contributed by atoms with E-state index < -0.39 is 0 Å². The first-order valence-corrected chi connectivity index (χ1v) is 9.56. The van der Waals surface area contributed by atoms with Crippen LogP contribution in [0.4, 0.5) is 15.6 Å². The average molecular weight is 390 g/mol. The second-order valence-electron chi connectivity index (χ2n) is 6.47. The number of benzene rings is 2. The first-order chi connectivity index (χ1) is 13.5. The summed E-state index contributed by atoms with van der Waals surface area (Å²) in [7, 11) is 0. The number of aromatic nitrogens is 2. The number of nitrogens with one attached hydrogen (secondary N) is 2. The van der Waals surface area contributed by atoms with Gasteiger partial charge < -0.3 is 5.11 Å². The van der Waals surface area contributed by atoms with Crippen LogP contribution in [0.1, 0.15) is 11.1 Å². The number of phenolic OH excluding ortho intramolecular Hbond substituents is 1. The molecule has 6 nitrogen and oxygen atoms in total. The van der Waals surface area contributed by atoms with Crippen molar-refractivity contribution in [2.24, 2.45) is 0 Å². The predicted octanol–water partition coefficient (Wildman–Crippen LogP) is 5.32. The maximum absolute atomic E-state index is 12.1. The number of carbonyl (C=O) groups is 1. The molecule has 4 aromatic rings. The second kappa shape index (κ2) is 7.28. The third-order valence-corrected chi connectivity index (χ3v) is 5.15. The molecule has 0 bridgehead atoms. The van der Waals surface area contributed by atoms with Gasteiger partial charge in [-0.1, -0.05) is 6.07 Å². The van der Waals surface area contributed by atoms with Gasteiger partial charge in [-0.25, -0.2) is 9.78 Å². The fourth-order valence-corrected chi connectivity index (χ4v) is 3.60. The highest BCUT2D eigenvalue weighted by Gasteiger charge is 2.09. The van der Waals surface area contributed by atoms with Crippen LogP contribution in [0.2, 0.25) is 0 Å². The highest BCUT2D eigenvalue weighted by molar-refractivity contribution is 7.14. The van der Waals surface area contributed by atoms with Crippen molar-refractivity contribution in [3.8, 4) is 16.9 Å². The minimum absolute atomic E-state index is 0.313. The summed E-state index contributed by atoms with van der Waals surface area (Å²) in [4.78, 5) is 21.0. The van der Waals surface area contributed by atoms with Gasteiger partial charge in [0.1, 0.15) is 5.75 Å². The van der Waals surface area contributed by atoms with E-state index in [-0.39, 0.29) is 6.03 Å². The Balaban J connectivity index is 1.63. The van der Waals surface area contributed by atoms with E-state index >= 15 is 0 Å². The average Bonchev–Trinajstić information content (AvgIpc) is 3.18. The van der Waals surface area contributed by atoms with Crippen molar-refractivity contribution >= 4 is 39.2 Å². The molecule has 28 heavy (non-hydrogen) atoms. The fourth-order valence-electron chi connectivity index (χ4n) is 2.98. The van der Waals surface area contributed by atoms with E-state index in [0.29, 0.717) is 17.1 Å². The number of nitrogens with zero attached hydrogens (tertiary/aromatic N) is 2. The van der Waals surface area contributed by atoms with E-state index in [1.165, 1.54) is 17.5 Å². The SMILES string of the molecule is Cc1cc(-c2ccc3ncc(NC(=O)Nc4cccs4)nc3c2)cc(C)c1O. The summed E-state index contributed by atoms with van der Waals surface area (Å²) in [6, 6.07) is 13.0. The zero-order chi connectivity index (χ0) is 19.7. The number of rotatable bonds is 3. The Kier molecular flexibility index (Phi) is 4.67. The number of anilines is 2. The minimum Gasteiger partial charge on any atom is -0.507 e. The van der Waals surface area contributed by atoms with Crippen molar-refractivity contribution in [3.63, 3.8) is 0 Å². The van der Waals surface area contributed by atoms with Gasteiger partial charge in [0.05, 0.1) is 22.2 Å². The van der Waals surface area contributed by atoms with E-state index in [2.05, 4.69) is 20.6 Å². The van der Waals surface area contributed by atoms with E-state index in [1.807, 2.05) is 61.7 Å². The van der Waals surface area contributed by atoms with Crippen molar-refractivity contribution in [2.75, 3.05) is 10.6 Å². The molecule has 0 aliphatic heterocycles. The van der Waals surface area contributed by atoms with E-state index in [0.717, 1.165) is 32.8 Å². The third kappa shape index (κ3) is 3.65. The molecule has 0 saturated carbocycles. The lowest BCUT2D eigenvalue weighted by molar-refractivity contribution is 0.262. The largest absolute Gasteiger partial charge is 0.507 e. The number of fused-ring (bicyclic) bond motifs is 1. The van der Waals surface area contributed by atoms with Gasteiger partial charge in [-0.05, 0) is 77.9 Å². The van der Waals surface area contributed by atoms with Crippen LogP contribution in [0, 0.1) is 13.8 Å². The summed E-state index contributed by atoms with van der Waals surface area (Å²) >= 11 is 1.44. The number of amides is 2. The monoisotopic (exact) mass is 390 g/mol. The Labute approximate surface area is 165 Å². The lowest BCUT2D eigenvalue weighted by atomic mass is 9.99. The number of hydrogen-bond donors (Lipinski definition) is 3. The maximum Gasteiger partial charge on any atom is 0.325 e. The molecular weight excluding hydrogens is 372 g/mol. The first-order valence-electron chi connectivity index (χ1n) is 8.68. The molecule has 0 atom stereocenters. The van der Waals surface area contributed by atoms with Gasteiger partial charge in [0.25, 0.3) is 0 Å². The van der Waals surface area contributed by atoms with Crippen LogP contribution >= 0.6 is 11.3 Å². The topological polar surface area (TPSA) is 87.1 Å². The molecule has 4 rings (SSSR count). The van der Waals surface area contributed by atoms with Gasteiger partial charge in [-0.3, -0.25) is 15.6 Å². The molecule has 3 N–H and O–H groups in total. The minimum atomic E-state index is -0.364. The van der Waals surface area contributed by atoms with E-state index in [9.17, 15) is 9.90 Å². The quantitative estimate of drug-likeness (QED) is 0.441. The number of thiophene rings is 1. The standard InChI is InChI=1S/C21H18N4O2S/c1-12-8-15(9-13(2)20(12)26)14-5-6-16-17(10-14)23-18(11-22-16)24-21(27)25-19-4-3-7-28-19/h3-11,26H,1-2H3,(H2,23,24,25,27). The molecule has 0 saturated heterocycles. The normalized spacial score (nSPS) is 10.8. The molecule has 0 spiro atoms. The lowest BCUT2D eigenvalue weighted by Crippen LogP contribution is -2.19. The zero-order valence-electron chi connectivity index (χ0n) is 15.4. The molecule has 2 heterocycles. The van der Waals surface area contributed by atoms with Gasteiger partial charge >= 0.3 is 6.03 Å². The summed E-state index contributed by atoms with van der Waals surface area (Å²) in [6.07, 6.45) is 1.53. The number of aryl methyl sites for hydroxylation is 2. The Bertz CT molecular complexity index is 1150. The van der Waals surface area contributed by atoms with Crippen molar-refractivity contribution in [3.05, 3.63) is 65.2 Å². The van der Waals surface area contributed by atoms with Gasteiger partial charge in [0, 0.05) is 0 Å². The van der Waals surface area contributed by atoms with Crippen molar-refractivity contribution in [1.82, 2.24) is 9.97 Å². The van der Waals surface area contributed by atoms with Crippen molar-refractivity contribution < 1.29 is 9.90 Å². The Morgan fingerprint density at radius 2 is 1.79 bits per heavy atom. The fraction of sp³-hybridized carbons (Fsp3) is 0.0952. The summed E-state index contributed by atoms with van der Waals surface area (Å²) in [5.41, 5.74) is 5.01. The van der Waals surface area contributed by atoms with Crippen molar-refractivity contribution in [2.45, 2.75) is 13.8 Å². The molecule has 0 aliphatic rings. The van der Waals surface area contributed by atoms with Gasteiger partial charge in [0.2, 0.25) is 0 Å². The molecule has 2 aromatic heterocycles. The molecule has 2 aromatic carbocycles.